The van der Waals surface area contributed by atoms with E-state index < -0.39 is 6.04 Å². The fraction of sp³-hybridized carbons (Fsp3) is 0.308. The average molecular weight is 244 g/mol. The largest absolute Gasteiger partial charge is 0.344 e. The molecule has 5 nitrogen and oxygen atoms in total. The van der Waals surface area contributed by atoms with Gasteiger partial charge in [-0.3, -0.25) is 19.3 Å². The number of benzene rings is 1. The van der Waals surface area contributed by atoms with Crippen LogP contribution in [0.4, 0.5) is 0 Å². The van der Waals surface area contributed by atoms with Crippen LogP contribution in [0.1, 0.15) is 27.1 Å². The minimum atomic E-state index is -0.637. The van der Waals surface area contributed by atoms with Crippen LogP contribution in [-0.4, -0.2) is 47.2 Å². The fourth-order valence-electron chi connectivity index (χ4n) is 2.53. The van der Waals surface area contributed by atoms with Gasteiger partial charge in [0.15, 0.2) is 0 Å². The number of carbonyl (C=O) groups is 3. The summed E-state index contributed by atoms with van der Waals surface area (Å²) in [5, 5.41) is 0. The summed E-state index contributed by atoms with van der Waals surface area (Å²) in [7, 11) is 1.68. The number of rotatable bonds is 1. The molecule has 2 aliphatic rings. The Morgan fingerprint density at radius 2 is 1.61 bits per heavy atom. The van der Waals surface area contributed by atoms with E-state index in [0.29, 0.717) is 24.1 Å². The van der Waals surface area contributed by atoms with Gasteiger partial charge in [-0.2, -0.15) is 0 Å². The highest BCUT2D eigenvalue weighted by atomic mass is 16.2. The van der Waals surface area contributed by atoms with E-state index in [1.807, 2.05) is 0 Å². The van der Waals surface area contributed by atoms with Gasteiger partial charge in [0.25, 0.3) is 11.8 Å². The van der Waals surface area contributed by atoms with Gasteiger partial charge in [-0.05, 0) is 18.6 Å². The lowest BCUT2D eigenvalue weighted by Gasteiger charge is -2.20. The zero-order valence-electron chi connectivity index (χ0n) is 9.92. The molecule has 2 heterocycles. The van der Waals surface area contributed by atoms with Crippen LogP contribution >= 0.6 is 0 Å². The minimum Gasteiger partial charge on any atom is -0.344 e. The smallest absolute Gasteiger partial charge is 0.262 e. The number of carbonyl (C=O) groups excluding carboxylic acids is 3. The van der Waals surface area contributed by atoms with Crippen LogP contribution < -0.4 is 0 Å². The van der Waals surface area contributed by atoms with Gasteiger partial charge < -0.3 is 4.90 Å². The minimum absolute atomic E-state index is 0.162. The van der Waals surface area contributed by atoms with E-state index in [2.05, 4.69) is 0 Å². The molecule has 1 aromatic rings. The maximum absolute atomic E-state index is 12.2. The van der Waals surface area contributed by atoms with Crippen molar-refractivity contribution in [3.05, 3.63) is 35.4 Å². The van der Waals surface area contributed by atoms with E-state index in [1.165, 1.54) is 0 Å². The number of amides is 3. The Bertz CT molecular complexity index is 532. The summed E-state index contributed by atoms with van der Waals surface area (Å²) in [6.07, 6.45) is 0.515. The topological polar surface area (TPSA) is 57.7 Å². The number of nitrogens with zero attached hydrogens (tertiary/aromatic N) is 2. The first-order valence-corrected chi connectivity index (χ1v) is 5.83. The number of imide groups is 1. The molecule has 0 aliphatic carbocycles. The molecule has 3 rings (SSSR count). The second kappa shape index (κ2) is 3.66. The summed E-state index contributed by atoms with van der Waals surface area (Å²) < 4.78 is 0. The van der Waals surface area contributed by atoms with Crippen molar-refractivity contribution in [2.75, 3.05) is 13.6 Å². The highest BCUT2D eigenvalue weighted by molar-refractivity contribution is 6.22. The number of likely N-dealkylation sites (tertiary alicyclic amines) is 1. The molecule has 0 unspecified atom stereocenters. The van der Waals surface area contributed by atoms with Gasteiger partial charge in [0.1, 0.15) is 6.04 Å². The van der Waals surface area contributed by atoms with Crippen molar-refractivity contribution in [1.29, 1.82) is 0 Å². The predicted octanol–water partition coefficient (Wildman–Crippen LogP) is 0.513. The number of likely N-dealkylation sites (N-methyl/N-ethyl adjacent to an activating group) is 1. The Balaban J connectivity index is 2.00. The van der Waals surface area contributed by atoms with Crippen LogP contribution in [0.3, 0.4) is 0 Å². The third kappa shape index (κ3) is 1.30. The second-order valence-electron chi connectivity index (χ2n) is 4.59. The van der Waals surface area contributed by atoms with Gasteiger partial charge in [0, 0.05) is 13.6 Å². The number of fused-ring (bicyclic) bond motifs is 1. The predicted molar refractivity (Wildman–Crippen MR) is 63.0 cm³/mol. The Hall–Kier alpha value is -2.17. The maximum Gasteiger partial charge on any atom is 0.262 e. The average Bonchev–Trinajstić information content (AvgIpc) is 2.82. The first-order chi connectivity index (χ1) is 8.61. The van der Waals surface area contributed by atoms with E-state index in [1.54, 1.807) is 36.2 Å². The van der Waals surface area contributed by atoms with Crippen LogP contribution in [0.25, 0.3) is 0 Å². The summed E-state index contributed by atoms with van der Waals surface area (Å²) in [6.45, 7) is 0.580. The van der Waals surface area contributed by atoms with Crippen molar-refractivity contribution in [3.63, 3.8) is 0 Å². The Labute approximate surface area is 104 Å². The molecular formula is C13H12N2O3. The van der Waals surface area contributed by atoms with Gasteiger partial charge in [-0.15, -0.1) is 0 Å². The first-order valence-electron chi connectivity index (χ1n) is 5.83. The van der Waals surface area contributed by atoms with Crippen molar-refractivity contribution in [1.82, 2.24) is 9.80 Å². The van der Waals surface area contributed by atoms with Crippen molar-refractivity contribution >= 4 is 17.7 Å². The lowest BCUT2D eigenvalue weighted by atomic mass is 10.1. The third-order valence-corrected chi connectivity index (χ3v) is 3.54. The van der Waals surface area contributed by atoms with Gasteiger partial charge in [-0.25, -0.2) is 0 Å². The zero-order chi connectivity index (χ0) is 12.9. The summed E-state index contributed by atoms with van der Waals surface area (Å²) in [5.74, 6) is -0.877. The van der Waals surface area contributed by atoms with Crippen molar-refractivity contribution in [2.24, 2.45) is 0 Å². The summed E-state index contributed by atoms with van der Waals surface area (Å²) in [5.41, 5.74) is 0.787. The number of hydrogen-bond donors (Lipinski definition) is 0. The molecule has 5 heteroatoms. The molecule has 0 aromatic heterocycles. The van der Waals surface area contributed by atoms with Crippen molar-refractivity contribution in [3.8, 4) is 0 Å². The summed E-state index contributed by atoms with van der Waals surface area (Å²) in [4.78, 5) is 38.9. The van der Waals surface area contributed by atoms with Crippen LogP contribution in [0, 0.1) is 0 Å². The van der Waals surface area contributed by atoms with Crippen LogP contribution in [-0.2, 0) is 4.79 Å². The molecule has 0 bridgehead atoms. The van der Waals surface area contributed by atoms with Crippen molar-refractivity contribution in [2.45, 2.75) is 12.5 Å². The molecule has 0 saturated carbocycles. The molecule has 1 aromatic carbocycles. The molecule has 0 spiro atoms. The van der Waals surface area contributed by atoms with Gasteiger partial charge in [0.05, 0.1) is 11.1 Å². The molecule has 1 fully saturated rings. The zero-order valence-corrected chi connectivity index (χ0v) is 9.92. The quantitative estimate of drug-likeness (QED) is 0.676. The van der Waals surface area contributed by atoms with Crippen LogP contribution in [0.5, 0.6) is 0 Å². The standard InChI is InChI=1S/C13H12N2O3/c1-14-7-6-10(13(14)18)15-11(16)8-4-2-3-5-9(8)12(15)17/h2-5,10H,6-7H2,1H3/t10-/m0/s1. The second-order valence-corrected chi connectivity index (χ2v) is 4.59. The molecule has 3 amide bonds. The molecular weight excluding hydrogens is 232 g/mol. The van der Waals surface area contributed by atoms with Gasteiger partial charge >= 0.3 is 0 Å². The van der Waals surface area contributed by atoms with E-state index in [9.17, 15) is 14.4 Å². The molecule has 92 valence electrons. The molecule has 2 aliphatic heterocycles. The molecule has 1 atom stereocenters. The van der Waals surface area contributed by atoms with E-state index in [0.717, 1.165) is 4.90 Å². The Morgan fingerprint density at radius 3 is 2.06 bits per heavy atom. The monoisotopic (exact) mass is 244 g/mol. The molecule has 18 heavy (non-hydrogen) atoms. The highest BCUT2D eigenvalue weighted by Crippen LogP contribution is 2.28. The molecule has 0 radical (unpaired) electrons. The molecule has 0 N–H and O–H groups in total. The Kier molecular flexibility index (Phi) is 2.23. The SMILES string of the molecule is CN1CC[C@H](N2C(=O)c3ccccc3C2=O)C1=O. The summed E-state index contributed by atoms with van der Waals surface area (Å²) >= 11 is 0. The highest BCUT2D eigenvalue weighted by Gasteiger charge is 2.45. The normalized spacial score (nSPS) is 22.9. The van der Waals surface area contributed by atoms with Gasteiger partial charge in [-0.1, -0.05) is 12.1 Å². The first kappa shape index (κ1) is 11.0. The molecule has 1 saturated heterocycles. The van der Waals surface area contributed by atoms with Gasteiger partial charge in [0.2, 0.25) is 5.91 Å². The lowest BCUT2D eigenvalue weighted by molar-refractivity contribution is -0.129. The van der Waals surface area contributed by atoms with E-state index in [-0.39, 0.29) is 17.7 Å². The van der Waals surface area contributed by atoms with Crippen LogP contribution in [0.2, 0.25) is 0 Å². The third-order valence-electron chi connectivity index (χ3n) is 3.54. The number of hydrogen-bond acceptors (Lipinski definition) is 3. The van der Waals surface area contributed by atoms with Crippen molar-refractivity contribution < 1.29 is 14.4 Å². The summed E-state index contributed by atoms with van der Waals surface area (Å²) in [6, 6.07) is 6.05. The van der Waals surface area contributed by atoms with E-state index in [4.69, 9.17) is 0 Å². The maximum atomic E-state index is 12.2. The Morgan fingerprint density at radius 1 is 1.06 bits per heavy atom. The fourth-order valence-corrected chi connectivity index (χ4v) is 2.53. The lowest BCUT2D eigenvalue weighted by Crippen LogP contribution is -2.44. The van der Waals surface area contributed by atoms with Crippen LogP contribution in [0.15, 0.2) is 24.3 Å². The van der Waals surface area contributed by atoms with E-state index >= 15 is 0 Å².